The summed E-state index contributed by atoms with van der Waals surface area (Å²) in [5.74, 6) is 2.65. The van der Waals surface area contributed by atoms with Crippen LogP contribution in [0.15, 0.2) is 0 Å². The van der Waals surface area contributed by atoms with Gasteiger partial charge in [-0.05, 0) is 13.3 Å². The van der Waals surface area contributed by atoms with Crippen molar-refractivity contribution in [1.29, 1.82) is 0 Å². The number of morpholine rings is 1. The summed E-state index contributed by atoms with van der Waals surface area (Å²) >= 11 is 0. The molecule has 3 rings (SSSR count). The molecule has 0 aliphatic carbocycles. The average Bonchev–Trinajstić information content (AvgIpc) is 2.98. The normalized spacial score (nSPS) is 23.0. The standard InChI is InChI=1S/C16H27N5O2/c1-11(2)15-19-18-14-5-4-13(10-21(14)15)17-12(3)16(22)20-6-8-23-9-7-20/h11-13,17H,4-10H2,1-3H3/t12-,13+/m0/s1. The predicted octanol–water partition coefficient (Wildman–Crippen LogP) is 0.553. The van der Waals surface area contributed by atoms with Crippen molar-refractivity contribution in [3.63, 3.8) is 0 Å². The van der Waals surface area contributed by atoms with E-state index in [1.54, 1.807) is 0 Å². The van der Waals surface area contributed by atoms with Crippen LogP contribution in [0.3, 0.4) is 0 Å². The molecule has 1 saturated heterocycles. The zero-order chi connectivity index (χ0) is 16.4. The Hall–Kier alpha value is -1.47. The van der Waals surface area contributed by atoms with Gasteiger partial charge in [0.15, 0.2) is 0 Å². The first-order valence-corrected chi connectivity index (χ1v) is 8.60. The molecule has 0 aromatic carbocycles. The van der Waals surface area contributed by atoms with Crippen molar-refractivity contribution < 1.29 is 9.53 Å². The van der Waals surface area contributed by atoms with E-state index in [0.717, 1.165) is 31.0 Å². The molecule has 23 heavy (non-hydrogen) atoms. The topological polar surface area (TPSA) is 72.3 Å². The van der Waals surface area contributed by atoms with Gasteiger partial charge in [-0.3, -0.25) is 4.79 Å². The van der Waals surface area contributed by atoms with Gasteiger partial charge in [-0.2, -0.15) is 0 Å². The number of hydrogen-bond acceptors (Lipinski definition) is 5. The summed E-state index contributed by atoms with van der Waals surface area (Å²) in [5, 5.41) is 12.1. The maximum atomic E-state index is 12.5. The van der Waals surface area contributed by atoms with Crippen molar-refractivity contribution in [3.05, 3.63) is 11.6 Å². The van der Waals surface area contributed by atoms with Crippen molar-refractivity contribution in [3.8, 4) is 0 Å². The zero-order valence-corrected chi connectivity index (χ0v) is 14.3. The van der Waals surface area contributed by atoms with Crippen molar-refractivity contribution >= 4 is 5.91 Å². The highest BCUT2D eigenvalue weighted by Crippen LogP contribution is 2.20. The number of aromatic nitrogens is 3. The number of fused-ring (bicyclic) bond motifs is 1. The summed E-state index contributed by atoms with van der Waals surface area (Å²) in [6.45, 7) is 9.76. The molecule has 1 aromatic rings. The van der Waals surface area contributed by atoms with E-state index in [0.29, 0.717) is 32.2 Å². The Balaban J connectivity index is 1.60. The molecule has 0 bridgehead atoms. The molecule has 7 heteroatoms. The Morgan fingerprint density at radius 3 is 2.70 bits per heavy atom. The highest BCUT2D eigenvalue weighted by molar-refractivity contribution is 5.81. The molecule has 0 radical (unpaired) electrons. The first kappa shape index (κ1) is 16.4. The molecule has 1 N–H and O–H groups in total. The Morgan fingerprint density at radius 2 is 2.00 bits per heavy atom. The SMILES string of the molecule is CC(C)c1nnc2n1C[C@H](N[C@@H](C)C(=O)N1CCOCC1)CC2. The lowest BCUT2D eigenvalue weighted by molar-refractivity contribution is -0.137. The molecule has 1 aromatic heterocycles. The minimum absolute atomic E-state index is 0.168. The summed E-state index contributed by atoms with van der Waals surface area (Å²) in [5.41, 5.74) is 0. The van der Waals surface area contributed by atoms with Crippen LogP contribution in [0.5, 0.6) is 0 Å². The van der Waals surface area contributed by atoms with E-state index in [9.17, 15) is 4.79 Å². The Kier molecular flexibility index (Phi) is 4.96. The number of hydrogen-bond donors (Lipinski definition) is 1. The van der Waals surface area contributed by atoms with E-state index in [4.69, 9.17) is 4.74 Å². The van der Waals surface area contributed by atoms with Crippen LogP contribution in [0.4, 0.5) is 0 Å². The second kappa shape index (κ2) is 6.97. The average molecular weight is 321 g/mol. The summed E-state index contributed by atoms with van der Waals surface area (Å²) in [4.78, 5) is 14.4. The molecule has 2 atom stereocenters. The van der Waals surface area contributed by atoms with Crippen LogP contribution in [0.2, 0.25) is 0 Å². The fraction of sp³-hybridized carbons (Fsp3) is 0.812. The number of nitrogens with one attached hydrogen (secondary N) is 1. The third-order valence-corrected chi connectivity index (χ3v) is 4.67. The maximum Gasteiger partial charge on any atom is 0.239 e. The minimum atomic E-state index is -0.168. The molecule has 3 heterocycles. The van der Waals surface area contributed by atoms with Gasteiger partial charge in [0.05, 0.1) is 19.3 Å². The lowest BCUT2D eigenvalue weighted by atomic mass is 10.0. The second-order valence-corrected chi connectivity index (χ2v) is 6.80. The quantitative estimate of drug-likeness (QED) is 0.877. The maximum absolute atomic E-state index is 12.5. The molecule has 1 fully saturated rings. The van der Waals surface area contributed by atoms with Gasteiger partial charge >= 0.3 is 0 Å². The first-order valence-electron chi connectivity index (χ1n) is 8.60. The molecule has 0 spiro atoms. The van der Waals surface area contributed by atoms with Crippen LogP contribution in [0.1, 0.15) is 44.8 Å². The van der Waals surface area contributed by atoms with Crippen molar-refractivity contribution in [1.82, 2.24) is 25.0 Å². The second-order valence-electron chi connectivity index (χ2n) is 6.80. The smallest absolute Gasteiger partial charge is 0.239 e. The lowest BCUT2D eigenvalue weighted by Gasteiger charge is -2.32. The zero-order valence-electron chi connectivity index (χ0n) is 14.3. The van der Waals surface area contributed by atoms with E-state index < -0.39 is 0 Å². The number of carbonyl (C=O) groups is 1. The van der Waals surface area contributed by atoms with Crippen LogP contribution in [0.25, 0.3) is 0 Å². The highest BCUT2D eigenvalue weighted by Gasteiger charge is 2.28. The van der Waals surface area contributed by atoms with E-state index in [-0.39, 0.29) is 18.0 Å². The van der Waals surface area contributed by atoms with Crippen LogP contribution in [0, 0.1) is 0 Å². The van der Waals surface area contributed by atoms with Gasteiger partial charge in [0.2, 0.25) is 5.91 Å². The monoisotopic (exact) mass is 321 g/mol. The molecule has 0 saturated carbocycles. The predicted molar refractivity (Wildman–Crippen MR) is 86.2 cm³/mol. The summed E-state index contributed by atoms with van der Waals surface area (Å²) in [7, 11) is 0. The van der Waals surface area contributed by atoms with Gasteiger partial charge in [-0.15, -0.1) is 10.2 Å². The molecule has 2 aliphatic rings. The molecule has 2 aliphatic heterocycles. The van der Waals surface area contributed by atoms with Gasteiger partial charge in [0, 0.05) is 38.0 Å². The van der Waals surface area contributed by atoms with Crippen LogP contribution >= 0.6 is 0 Å². The molecular formula is C16H27N5O2. The van der Waals surface area contributed by atoms with Crippen LogP contribution in [-0.4, -0.2) is 64.0 Å². The largest absolute Gasteiger partial charge is 0.378 e. The number of rotatable bonds is 4. The van der Waals surface area contributed by atoms with E-state index in [2.05, 4.69) is 33.9 Å². The Morgan fingerprint density at radius 1 is 1.26 bits per heavy atom. The van der Waals surface area contributed by atoms with Gasteiger partial charge in [-0.1, -0.05) is 13.8 Å². The summed E-state index contributed by atoms with van der Waals surface area (Å²) < 4.78 is 7.53. The van der Waals surface area contributed by atoms with E-state index in [1.807, 2.05) is 11.8 Å². The van der Waals surface area contributed by atoms with Gasteiger partial charge < -0.3 is 19.5 Å². The molecule has 0 unspecified atom stereocenters. The highest BCUT2D eigenvalue weighted by atomic mass is 16.5. The van der Waals surface area contributed by atoms with Crippen molar-refractivity contribution in [2.75, 3.05) is 26.3 Å². The first-order chi connectivity index (χ1) is 11.1. The number of carbonyl (C=O) groups excluding carboxylic acids is 1. The van der Waals surface area contributed by atoms with Crippen molar-refractivity contribution in [2.24, 2.45) is 0 Å². The third-order valence-electron chi connectivity index (χ3n) is 4.67. The third kappa shape index (κ3) is 3.55. The van der Waals surface area contributed by atoms with Gasteiger partial charge in [-0.25, -0.2) is 0 Å². The van der Waals surface area contributed by atoms with Crippen LogP contribution < -0.4 is 5.32 Å². The molecular weight excluding hydrogens is 294 g/mol. The molecule has 128 valence electrons. The summed E-state index contributed by atoms with van der Waals surface area (Å²) in [6, 6.07) is 0.120. The van der Waals surface area contributed by atoms with Gasteiger partial charge in [0.1, 0.15) is 11.6 Å². The molecule has 7 nitrogen and oxygen atoms in total. The number of nitrogens with zero attached hydrogens (tertiary/aromatic N) is 4. The fourth-order valence-electron chi connectivity index (χ4n) is 3.39. The minimum Gasteiger partial charge on any atom is -0.378 e. The molecule has 1 amide bonds. The Labute approximate surface area is 137 Å². The Bertz CT molecular complexity index is 551. The summed E-state index contributed by atoms with van der Waals surface area (Å²) in [6.07, 6.45) is 1.91. The number of aryl methyl sites for hydroxylation is 1. The fourth-order valence-corrected chi connectivity index (χ4v) is 3.39. The van der Waals surface area contributed by atoms with Gasteiger partial charge in [0.25, 0.3) is 0 Å². The lowest BCUT2D eigenvalue weighted by Crippen LogP contribution is -2.52. The van der Waals surface area contributed by atoms with E-state index in [1.165, 1.54) is 0 Å². The van der Waals surface area contributed by atoms with E-state index >= 15 is 0 Å². The van der Waals surface area contributed by atoms with Crippen LogP contribution in [-0.2, 0) is 22.5 Å². The number of amides is 1. The van der Waals surface area contributed by atoms with Crippen molar-refractivity contribution in [2.45, 2.75) is 58.2 Å². The number of ether oxygens (including phenoxy) is 1.